The fraction of sp³-hybridized carbons (Fsp3) is 0.143. The van der Waals surface area contributed by atoms with Gasteiger partial charge < -0.3 is 0 Å². The van der Waals surface area contributed by atoms with Gasteiger partial charge in [-0.25, -0.2) is 10.5 Å². The monoisotopic (exact) mass is 317 g/mol. The molecule has 3 rings (SSSR count). The molecule has 3 aromatic carbocycles. The molecule has 0 saturated heterocycles. The molecule has 3 aromatic rings. The third-order valence-electron chi connectivity index (χ3n) is 3.98. The van der Waals surface area contributed by atoms with Gasteiger partial charge in [0, 0.05) is 13.6 Å². The van der Waals surface area contributed by atoms with Gasteiger partial charge in [-0.2, -0.15) is 0 Å². The summed E-state index contributed by atoms with van der Waals surface area (Å²) in [5.74, 6) is 0. The Morgan fingerprint density at radius 2 is 1.29 bits per heavy atom. The van der Waals surface area contributed by atoms with Crippen LogP contribution in [0, 0.1) is 6.92 Å². The first-order chi connectivity index (χ1) is 11.7. The Balaban J connectivity index is 1.83. The number of nitrogens with zero attached hydrogens (tertiary/aromatic N) is 2. The summed E-state index contributed by atoms with van der Waals surface area (Å²) >= 11 is 0. The van der Waals surface area contributed by atoms with E-state index in [1.807, 2.05) is 12.1 Å². The number of anilines is 2. The molecule has 0 atom stereocenters. The maximum Gasteiger partial charge on any atom is 0.0758 e. The van der Waals surface area contributed by atoms with Gasteiger partial charge in [-0.3, -0.25) is 5.01 Å². The Kier molecular flexibility index (Phi) is 5.14. The predicted molar refractivity (Wildman–Crippen MR) is 102 cm³/mol. The number of nitrogens with one attached hydrogen (secondary N) is 1. The normalized spacial score (nSPS) is 10.4. The Bertz CT molecular complexity index is 739. The van der Waals surface area contributed by atoms with Crippen LogP contribution < -0.4 is 15.6 Å². The van der Waals surface area contributed by atoms with E-state index in [4.69, 9.17) is 0 Å². The topological polar surface area (TPSA) is 18.5 Å². The first kappa shape index (κ1) is 16.1. The van der Waals surface area contributed by atoms with E-state index in [1.54, 1.807) is 0 Å². The average molecular weight is 317 g/mol. The minimum Gasteiger partial charge on any atom is -0.274 e. The van der Waals surface area contributed by atoms with Crippen molar-refractivity contribution < 1.29 is 0 Å². The summed E-state index contributed by atoms with van der Waals surface area (Å²) in [7, 11) is 2.07. The maximum absolute atomic E-state index is 3.52. The Morgan fingerprint density at radius 3 is 1.92 bits per heavy atom. The van der Waals surface area contributed by atoms with E-state index in [-0.39, 0.29) is 0 Å². The highest BCUT2D eigenvalue weighted by molar-refractivity contribution is 5.56. The van der Waals surface area contributed by atoms with E-state index in [9.17, 15) is 0 Å². The number of aryl methyl sites for hydroxylation is 1. The van der Waals surface area contributed by atoms with Crippen LogP contribution in [-0.4, -0.2) is 7.05 Å². The van der Waals surface area contributed by atoms with Gasteiger partial charge in [-0.05, 0) is 36.8 Å². The van der Waals surface area contributed by atoms with Crippen molar-refractivity contribution in [3.63, 3.8) is 0 Å². The second-order valence-electron chi connectivity index (χ2n) is 5.83. The lowest BCUT2D eigenvalue weighted by Gasteiger charge is -2.35. The third kappa shape index (κ3) is 3.94. The predicted octanol–water partition coefficient (Wildman–Crippen LogP) is 4.56. The highest BCUT2D eigenvalue weighted by Gasteiger charge is 2.12. The Morgan fingerprint density at radius 1 is 0.708 bits per heavy atom. The van der Waals surface area contributed by atoms with E-state index in [1.165, 1.54) is 11.1 Å². The van der Waals surface area contributed by atoms with Crippen molar-refractivity contribution in [1.82, 2.24) is 5.43 Å². The van der Waals surface area contributed by atoms with Crippen LogP contribution in [0.4, 0.5) is 11.4 Å². The van der Waals surface area contributed by atoms with Crippen molar-refractivity contribution in [2.24, 2.45) is 0 Å². The highest BCUT2D eigenvalue weighted by atomic mass is 15.8. The lowest BCUT2D eigenvalue weighted by Crippen LogP contribution is -2.49. The van der Waals surface area contributed by atoms with Crippen LogP contribution in [0.15, 0.2) is 84.9 Å². The number of rotatable bonds is 6. The molecule has 1 N–H and O–H groups in total. The molecule has 3 nitrogen and oxygen atoms in total. The Labute approximate surface area is 144 Å². The van der Waals surface area contributed by atoms with Gasteiger partial charge in [0.25, 0.3) is 0 Å². The molecular weight excluding hydrogens is 294 g/mol. The van der Waals surface area contributed by atoms with E-state index in [0.29, 0.717) is 0 Å². The zero-order valence-electron chi connectivity index (χ0n) is 14.2. The quantitative estimate of drug-likeness (QED) is 0.673. The first-order valence-electron chi connectivity index (χ1n) is 8.17. The van der Waals surface area contributed by atoms with E-state index >= 15 is 0 Å². The Hall–Kier alpha value is -2.78. The van der Waals surface area contributed by atoms with Crippen LogP contribution in [0.1, 0.15) is 11.1 Å². The van der Waals surface area contributed by atoms with Gasteiger partial charge >= 0.3 is 0 Å². The van der Waals surface area contributed by atoms with E-state index in [0.717, 1.165) is 17.9 Å². The van der Waals surface area contributed by atoms with E-state index < -0.39 is 0 Å². The summed E-state index contributed by atoms with van der Waals surface area (Å²) in [4.78, 5) is 0. The second-order valence-corrected chi connectivity index (χ2v) is 5.83. The van der Waals surface area contributed by atoms with Gasteiger partial charge in [0.15, 0.2) is 0 Å². The standard InChI is InChI=1S/C21H23N3/c1-18-13-15-20(16-14-18)23(2)24(21-11-7-4-8-12-21)22-17-19-9-5-3-6-10-19/h3-16,22H,17H2,1-2H3. The van der Waals surface area contributed by atoms with Crippen molar-refractivity contribution in [3.05, 3.63) is 96.1 Å². The van der Waals surface area contributed by atoms with Gasteiger partial charge in [0.05, 0.1) is 11.4 Å². The number of hydrogen-bond acceptors (Lipinski definition) is 3. The molecule has 0 fully saturated rings. The third-order valence-corrected chi connectivity index (χ3v) is 3.98. The highest BCUT2D eigenvalue weighted by Crippen LogP contribution is 2.20. The number of hydrazine groups is 2. The van der Waals surface area contributed by atoms with Crippen LogP contribution in [0.25, 0.3) is 0 Å². The van der Waals surface area contributed by atoms with Gasteiger partial charge in [-0.15, -0.1) is 0 Å². The molecule has 0 bridgehead atoms. The molecule has 0 amide bonds. The molecule has 3 heteroatoms. The summed E-state index contributed by atoms with van der Waals surface area (Å²) in [5, 5.41) is 4.20. The number of benzene rings is 3. The van der Waals surface area contributed by atoms with Gasteiger partial charge in [0.2, 0.25) is 0 Å². The molecule has 0 spiro atoms. The van der Waals surface area contributed by atoms with Crippen LogP contribution in [0.5, 0.6) is 0 Å². The van der Waals surface area contributed by atoms with Crippen molar-refractivity contribution in [2.45, 2.75) is 13.5 Å². The van der Waals surface area contributed by atoms with Crippen molar-refractivity contribution in [2.75, 3.05) is 17.2 Å². The molecule has 24 heavy (non-hydrogen) atoms. The molecular formula is C21H23N3. The summed E-state index contributed by atoms with van der Waals surface area (Å²) in [5.41, 5.74) is 8.25. The molecule has 0 aliphatic rings. The fourth-order valence-electron chi connectivity index (χ4n) is 2.58. The van der Waals surface area contributed by atoms with Crippen LogP contribution >= 0.6 is 0 Å². The smallest absolute Gasteiger partial charge is 0.0758 e. The summed E-state index contributed by atoms with van der Waals surface area (Å²) in [6.45, 7) is 2.86. The lowest BCUT2D eigenvalue weighted by molar-refractivity contribution is 0.613. The summed E-state index contributed by atoms with van der Waals surface area (Å²) in [6.07, 6.45) is 0. The SMILES string of the molecule is Cc1ccc(N(C)N(NCc2ccccc2)c2ccccc2)cc1. The molecule has 0 aliphatic heterocycles. The second kappa shape index (κ2) is 7.66. The van der Waals surface area contributed by atoms with E-state index in [2.05, 4.69) is 102 Å². The molecule has 122 valence electrons. The lowest BCUT2D eigenvalue weighted by atomic mass is 10.2. The number of hydrogen-bond donors (Lipinski definition) is 1. The zero-order chi connectivity index (χ0) is 16.8. The summed E-state index contributed by atoms with van der Waals surface area (Å²) < 4.78 is 0. The minimum atomic E-state index is 0.756. The van der Waals surface area contributed by atoms with Crippen molar-refractivity contribution >= 4 is 11.4 Å². The number of para-hydroxylation sites is 1. The molecule has 0 heterocycles. The average Bonchev–Trinajstić information content (AvgIpc) is 2.64. The zero-order valence-corrected chi connectivity index (χ0v) is 14.2. The molecule has 0 saturated carbocycles. The van der Waals surface area contributed by atoms with Crippen molar-refractivity contribution in [1.29, 1.82) is 0 Å². The molecule has 0 aliphatic carbocycles. The minimum absolute atomic E-state index is 0.756. The largest absolute Gasteiger partial charge is 0.274 e. The fourth-order valence-corrected chi connectivity index (χ4v) is 2.58. The van der Waals surface area contributed by atoms with Crippen LogP contribution in [0.3, 0.4) is 0 Å². The van der Waals surface area contributed by atoms with Crippen LogP contribution in [0.2, 0.25) is 0 Å². The molecule has 0 radical (unpaired) electrons. The molecule has 0 aromatic heterocycles. The van der Waals surface area contributed by atoms with Crippen LogP contribution in [-0.2, 0) is 6.54 Å². The van der Waals surface area contributed by atoms with Gasteiger partial charge in [-0.1, -0.05) is 66.2 Å². The first-order valence-corrected chi connectivity index (χ1v) is 8.17. The molecule has 0 unspecified atom stereocenters. The van der Waals surface area contributed by atoms with Gasteiger partial charge in [0.1, 0.15) is 0 Å². The summed E-state index contributed by atoms with van der Waals surface area (Å²) in [6, 6.07) is 29.3. The maximum atomic E-state index is 3.52. The van der Waals surface area contributed by atoms with Crippen molar-refractivity contribution in [3.8, 4) is 0 Å².